The number of hydrogen-bond donors (Lipinski definition) is 2. The van der Waals surface area contributed by atoms with E-state index in [1.165, 1.54) is 25.9 Å². The summed E-state index contributed by atoms with van der Waals surface area (Å²) in [5.74, 6) is 1.66. The van der Waals surface area contributed by atoms with Gasteiger partial charge in [0.1, 0.15) is 5.75 Å². The van der Waals surface area contributed by atoms with Gasteiger partial charge in [0, 0.05) is 18.7 Å². The Balaban J connectivity index is 1.58. The number of piperidine rings is 1. The highest BCUT2D eigenvalue weighted by atomic mass is 16.5. The number of rotatable bonds is 7. The van der Waals surface area contributed by atoms with Crippen LogP contribution in [0, 0.1) is 5.92 Å². The zero-order chi connectivity index (χ0) is 16.5. The van der Waals surface area contributed by atoms with Gasteiger partial charge in [-0.2, -0.15) is 0 Å². The van der Waals surface area contributed by atoms with Gasteiger partial charge in [-0.3, -0.25) is 0 Å². The molecular weight excluding hydrogens is 290 g/mol. The van der Waals surface area contributed by atoms with E-state index in [1.807, 2.05) is 24.3 Å². The summed E-state index contributed by atoms with van der Waals surface area (Å²) in [6.45, 7) is 6.97. The number of carbonyl (C=O) groups is 1. The molecule has 0 bridgehead atoms. The quantitative estimate of drug-likeness (QED) is 0.760. The van der Waals surface area contributed by atoms with Crippen molar-refractivity contribution in [3.05, 3.63) is 29.8 Å². The Kier molecular flexibility index (Phi) is 7.20. The van der Waals surface area contributed by atoms with Crippen LogP contribution >= 0.6 is 0 Å². The number of hydrogen-bond acceptors (Lipinski definition) is 3. The van der Waals surface area contributed by atoms with Crippen molar-refractivity contribution in [1.82, 2.24) is 15.5 Å². The molecule has 2 rings (SSSR count). The van der Waals surface area contributed by atoms with E-state index in [0.717, 1.165) is 30.2 Å². The topological polar surface area (TPSA) is 53.6 Å². The van der Waals surface area contributed by atoms with Crippen molar-refractivity contribution in [3.8, 4) is 5.75 Å². The van der Waals surface area contributed by atoms with Crippen LogP contribution in [-0.2, 0) is 6.54 Å². The molecule has 1 aromatic carbocycles. The van der Waals surface area contributed by atoms with Crippen molar-refractivity contribution in [2.45, 2.75) is 32.7 Å². The van der Waals surface area contributed by atoms with Crippen LogP contribution in [0.1, 0.15) is 31.7 Å². The number of carbonyl (C=O) groups excluding carboxylic acids is 1. The maximum Gasteiger partial charge on any atom is 0.315 e. The molecule has 1 aliphatic rings. The molecule has 0 aromatic heterocycles. The van der Waals surface area contributed by atoms with Crippen molar-refractivity contribution >= 4 is 6.03 Å². The van der Waals surface area contributed by atoms with Gasteiger partial charge in [0.15, 0.2) is 0 Å². The molecule has 0 spiro atoms. The van der Waals surface area contributed by atoms with Crippen molar-refractivity contribution in [3.63, 3.8) is 0 Å². The fraction of sp³-hybridized carbons (Fsp3) is 0.611. The highest BCUT2D eigenvalue weighted by Crippen LogP contribution is 2.17. The SMILES string of the molecule is COc1ccccc1CNC(=O)NCCCN1CCC(C)CC1. The Morgan fingerprint density at radius 2 is 2.00 bits per heavy atom. The van der Waals surface area contributed by atoms with Crippen LogP contribution in [0.4, 0.5) is 4.79 Å². The molecule has 0 saturated carbocycles. The Bertz CT molecular complexity index is 485. The van der Waals surface area contributed by atoms with Crippen molar-refractivity contribution in [1.29, 1.82) is 0 Å². The maximum absolute atomic E-state index is 11.8. The third-order valence-electron chi connectivity index (χ3n) is 4.44. The Morgan fingerprint density at radius 3 is 2.74 bits per heavy atom. The monoisotopic (exact) mass is 319 g/mol. The summed E-state index contributed by atoms with van der Waals surface area (Å²) >= 11 is 0. The van der Waals surface area contributed by atoms with Crippen LogP contribution in [0.15, 0.2) is 24.3 Å². The molecule has 1 saturated heterocycles. The molecule has 23 heavy (non-hydrogen) atoms. The van der Waals surface area contributed by atoms with Gasteiger partial charge in [-0.05, 0) is 50.9 Å². The molecule has 1 aliphatic heterocycles. The van der Waals surface area contributed by atoms with Gasteiger partial charge < -0.3 is 20.3 Å². The molecule has 128 valence electrons. The fourth-order valence-corrected chi connectivity index (χ4v) is 2.88. The molecule has 2 N–H and O–H groups in total. The largest absolute Gasteiger partial charge is 0.496 e. The number of urea groups is 1. The maximum atomic E-state index is 11.8. The number of benzene rings is 1. The Hall–Kier alpha value is -1.75. The molecule has 5 heteroatoms. The van der Waals surface area contributed by atoms with Crippen LogP contribution < -0.4 is 15.4 Å². The van der Waals surface area contributed by atoms with Crippen molar-refractivity contribution < 1.29 is 9.53 Å². The van der Waals surface area contributed by atoms with E-state index in [2.05, 4.69) is 22.5 Å². The standard InChI is InChI=1S/C18H29N3O2/c1-15-8-12-21(13-9-15)11-5-10-19-18(22)20-14-16-6-3-4-7-17(16)23-2/h3-4,6-7,15H,5,8-14H2,1-2H3,(H2,19,20,22). The smallest absolute Gasteiger partial charge is 0.315 e. The van der Waals surface area contributed by atoms with E-state index < -0.39 is 0 Å². The van der Waals surface area contributed by atoms with Crippen LogP contribution in [-0.4, -0.2) is 44.2 Å². The lowest BCUT2D eigenvalue weighted by atomic mass is 9.99. The number of likely N-dealkylation sites (tertiary alicyclic amines) is 1. The van der Waals surface area contributed by atoms with E-state index in [9.17, 15) is 4.79 Å². The van der Waals surface area contributed by atoms with Crippen LogP contribution in [0.25, 0.3) is 0 Å². The molecular formula is C18H29N3O2. The minimum atomic E-state index is -0.122. The summed E-state index contributed by atoms with van der Waals surface area (Å²) in [6, 6.07) is 7.59. The third-order valence-corrected chi connectivity index (χ3v) is 4.44. The van der Waals surface area contributed by atoms with E-state index in [-0.39, 0.29) is 6.03 Å². The minimum absolute atomic E-state index is 0.122. The second-order valence-electron chi connectivity index (χ2n) is 6.30. The summed E-state index contributed by atoms with van der Waals surface area (Å²) in [4.78, 5) is 14.3. The van der Waals surface area contributed by atoms with Gasteiger partial charge in [0.25, 0.3) is 0 Å². The first kappa shape index (κ1) is 17.6. The molecule has 0 radical (unpaired) electrons. The number of methoxy groups -OCH3 is 1. The summed E-state index contributed by atoms with van der Waals surface area (Å²) in [5.41, 5.74) is 0.979. The highest BCUT2D eigenvalue weighted by Gasteiger charge is 2.14. The summed E-state index contributed by atoms with van der Waals surface area (Å²) in [6.07, 6.45) is 3.59. The van der Waals surface area contributed by atoms with E-state index in [1.54, 1.807) is 7.11 Å². The lowest BCUT2D eigenvalue weighted by Gasteiger charge is -2.30. The van der Waals surface area contributed by atoms with Gasteiger partial charge in [-0.25, -0.2) is 4.79 Å². The van der Waals surface area contributed by atoms with E-state index in [4.69, 9.17) is 4.74 Å². The minimum Gasteiger partial charge on any atom is -0.496 e. The molecule has 5 nitrogen and oxygen atoms in total. The van der Waals surface area contributed by atoms with E-state index >= 15 is 0 Å². The highest BCUT2D eigenvalue weighted by molar-refractivity contribution is 5.73. The number of amides is 2. The number of nitrogens with zero attached hydrogens (tertiary/aromatic N) is 1. The second-order valence-corrected chi connectivity index (χ2v) is 6.30. The molecule has 1 aromatic rings. The van der Waals surface area contributed by atoms with Gasteiger partial charge >= 0.3 is 6.03 Å². The first-order valence-corrected chi connectivity index (χ1v) is 8.55. The number of ether oxygens (including phenoxy) is 1. The third kappa shape index (κ3) is 6.10. The lowest BCUT2D eigenvalue weighted by molar-refractivity contribution is 0.190. The first-order valence-electron chi connectivity index (χ1n) is 8.55. The molecule has 0 aliphatic carbocycles. The van der Waals surface area contributed by atoms with Crippen LogP contribution in [0.2, 0.25) is 0 Å². The zero-order valence-electron chi connectivity index (χ0n) is 14.3. The molecule has 1 heterocycles. The van der Waals surface area contributed by atoms with Gasteiger partial charge in [0.2, 0.25) is 0 Å². The van der Waals surface area contributed by atoms with Crippen molar-refractivity contribution in [2.75, 3.05) is 33.3 Å². The van der Waals surface area contributed by atoms with E-state index in [0.29, 0.717) is 13.1 Å². The number of para-hydroxylation sites is 1. The lowest BCUT2D eigenvalue weighted by Crippen LogP contribution is -2.38. The van der Waals surface area contributed by atoms with Crippen molar-refractivity contribution in [2.24, 2.45) is 5.92 Å². The molecule has 0 unspecified atom stereocenters. The normalized spacial score (nSPS) is 16.1. The van der Waals surface area contributed by atoms with Gasteiger partial charge in [0.05, 0.1) is 7.11 Å². The van der Waals surface area contributed by atoms with Crippen LogP contribution in [0.3, 0.4) is 0 Å². The average Bonchev–Trinajstić information content (AvgIpc) is 2.58. The zero-order valence-corrected chi connectivity index (χ0v) is 14.3. The second kappa shape index (κ2) is 9.40. The van der Waals surface area contributed by atoms with Crippen LogP contribution in [0.5, 0.6) is 5.75 Å². The Morgan fingerprint density at radius 1 is 1.26 bits per heavy atom. The predicted octanol–water partition coefficient (Wildman–Crippen LogP) is 2.62. The number of nitrogens with one attached hydrogen (secondary N) is 2. The Labute approximate surface area is 139 Å². The molecule has 2 amide bonds. The predicted molar refractivity (Wildman–Crippen MR) is 92.7 cm³/mol. The summed E-state index contributed by atoms with van der Waals surface area (Å²) in [5, 5.41) is 5.80. The fourth-order valence-electron chi connectivity index (χ4n) is 2.88. The molecule has 0 atom stereocenters. The molecule has 1 fully saturated rings. The van der Waals surface area contributed by atoms with Gasteiger partial charge in [-0.1, -0.05) is 25.1 Å². The first-order chi connectivity index (χ1) is 11.2. The van der Waals surface area contributed by atoms with Gasteiger partial charge in [-0.15, -0.1) is 0 Å². The summed E-state index contributed by atoms with van der Waals surface area (Å²) < 4.78 is 5.27. The summed E-state index contributed by atoms with van der Waals surface area (Å²) in [7, 11) is 1.64. The average molecular weight is 319 g/mol.